The first-order valence-electron chi connectivity index (χ1n) is 7.09. The number of nitrogens with one attached hydrogen (secondary N) is 2. The molecule has 0 aliphatic rings. The number of pyridine rings is 1. The number of aromatic nitrogens is 3. The van der Waals surface area contributed by atoms with E-state index in [1.165, 1.54) is 17.8 Å². The number of hydrogen-bond donors (Lipinski definition) is 2. The zero-order chi connectivity index (χ0) is 15.8. The molecule has 0 aliphatic heterocycles. The van der Waals surface area contributed by atoms with Gasteiger partial charge in [0.1, 0.15) is 0 Å². The summed E-state index contributed by atoms with van der Waals surface area (Å²) in [5.74, 6) is 2.30. The molecule has 118 valence electrons. The Kier molecular flexibility index (Phi) is 6.42. The second-order valence-corrected chi connectivity index (χ2v) is 6.26. The van der Waals surface area contributed by atoms with Gasteiger partial charge in [0.25, 0.3) is 5.56 Å². The minimum atomic E-state index is -0.146. The van der Waals surface area contributed by atoms with Gasteiger partial charge in [-0.3, -0.25) is 14.8 Å². The monoisotopic (exact) mass is 319 g/mol. The number of aromatic amines is 1. The first kappa shape index (κ1) is 16.5. The van der Waals surface area contributed by atoms with Crippen molar-refractivity contribution in [1.29, 1.82) is 0 Å². The molecule has 22 heavy (non-hydrogen) atoms. The van der Waals surface area contributed by atoms with Gasteiger partial charge in [-0.2, -0.15) is 11.8 Å². The van der Waals surface area contributed by atoms with Crippen LogP contribution in [0.1, 0.15) is 11.3 Å². The van der Waals surface area contributed by atoms with Gasteiger partial charge < -0.3 is 10.2 Å². The third-order valence-electron chi connectivity index (χ3n) is 2.84. The average Bonchev–Trinajstić information content (AvgIpc) is 2.47. The van der Waals surface area contributed by atoms with E-state index in [0.29, 0.717) is 5.95 Å². The maximum absolute atomic E-state index is 11.1. The molecule has 2 aromatic heterocycles. The van der Waals surface area contributed by atoms with Crippen LogP contribution in [-0.2, 0) is 12.3 Å². The van der Waals surface area contributed by atoms with E-state index >= 15 is 0 Å². The van der Waals surface area contributed by atoms with Gasteiger partial charge in [0, 0.05) is 43.1 Å². The van der Waals surface area contributed by atoms with Crippen LogP contribution in [0.2, 0.25) is 0 Å². The second-order valence-electron chi connectivity index (χ2n) is 5.16. The fourth-order valence-corrected chi connectivity index (χ4v) is 2.71. The zero-order valence-corrected chi connectivity index (χ0v) is 13.7. The number of nitrogens with zero attached hydrogens (tertiary/aromatic N) is 3. The molecular formula is C15H21N5OS. The molecule has 0 spiro atoms. The van der Waals surface area contributed by atoms with E-state index in [1.807, 2.05) is 12.3 Å². The van der Waals surface area contributed by atoms with Crippen LogP contribution in [0.15, 0.2) is 35.4 Å². The highest BCUT2D eigenvalue weighted by molar-refractivity contribution is 7.98. The Morgan fingerprint density at radius 2 is 2.09 bits per heavy atom. The highest BCUT2D eigenvalue weighted by atomic mass is 32.2. The lowest BCUT2D eigenvalue weighted by atomic mass is 10.2. The summed E-state index contributed by atoms with van der Waals surface area (Å²) < 4.78 is 0. The van der Waals surface area contributed by atoms with Crippen molar-refractivity contribution in [1.82, 2.24) is 19.9 Å². The Morgan fingerprint density at radius 1 is 1.27 bits per heavy atom. The van der Waals surface area contributed by atoms with Crippen molar-refractivity contribution in [2.24, 2.45) is 0 Å². The minimum Gasteiger partial charge on any atom is -0.355 e. The molecule has 0 saturated carbocycles. The molecule has 6 nitrogen and oxygen atoms in total. The summed E-state index contributed by atoms with van der Waals surface area (Å²) >= 11 is 1.80. The van der Waals surface area contributed by atoms with E-state index in [9.17, 15) is 4.79 Å². The fourth-order valence-electron chi connectivity index (χ4n) is 1.95. The molecule has 0 unspecified atom stereocenters. The van der Waals surface area contributed by atoms with Crippen LogP contribution >= 0.6 is 11.8 Å². The Bertz CT molecular complexity index is 644. The van der Waals surface area contributed by atoms with Crippen LogP contribution in [0.3, 0.4) is 0 Å². The molecule has 0 amide bonds. The van der Waals surface area contributed by atoms with Crippen LogP contribution in [0.5, 0.6) is 0 Å². The van der Waals surface area contributed by atoms with E-state index in [2.05, 4.69) is 45.3 Å². The van der Waals surface area contributed by atoms with Crippen molar-refractivity contribution in [3.63, 3.8) is 0 Å². The first-order chi connectivity index (χ1) is 10.6. The second kappa shape index (κ2) is 8.55. The summed E-state index contributed by atoms with van der Waals surface area (Å²) in [6, 6.07) is 5.59. The van der Waals surface area contributed by atoms with E-state index in [1.54, 1.807) is 11.8 Å². The summed E-state index contributed by atoms with van der Waals surface area (Å²) in [7, 11) is 4.12. The highest BCUT2D eigenvalue weighted by Gasteiger charge is 2.00. The summed E-state index contributed by atoms with van der Waals surface area (Å²) in [4.78, 5) is 24.3. The van der Waals surface area contributed by atoms with Gasteiger partial charge in [0.15, 0.2) is 0 Å². The Balaban J connectivity index is 1.71. The van der Waals surface area contributed by atoms with Gasteiger partial charge in [-0.15, -0.1) is 0 Å². The minimum absolute atomic E-state index is 0.146. The van der Waals surface area contributed by atoms with Crippen LogP contribution in [0.25, 0.3) is 0 Å². The molecule has 2 N–H and O–H groups in total. The van der Waals surface area contributed by atoms with Crippen LogP contribution in [0.4, 0.5) is 5.95 Å². The lowest BCUT2D eigenvalue weighted by molar-refractivity contribution is 0.402. The molecule has 2 rings (SSSR count). The predicted molar refractivity (Wildman–Crippen MR) is 91.1 cm³/mol. The molecular weight excluding hydrogens is 298 g/mol. The van der Waals surface area contributed by atoms with E-state index in [0.717, 1.165) is 30.3 Å². The third kappa shape index (κ3) is 5.87. The van der Waals surface area contributed by atoms with Gasteiger partial charge in [-0.05, 0) is 31.8 Å². The van der Waals surface area contributed by atoms with Gasteiger partial charge in [0.2, 0.25) is 5.95 Å². The first-order valence-corrected chi connectivity index (χ1v) is 8.24. The van der Waals surface area contributed by atoms with Crippen molar-refractivity contribution in [2.75, 3.05) is 31.7 Å². The average molecular weight is 319 g/mol. The standard InChI is InChI=1S/C15H21N5OS/c1-20(2)10-12-3-5-16-13(9-12)11-22-8-7-18-15-17-6-4-14(21)19-15/h3-6,9H,7-8,10-11H2,1-2H3,(H2,17,18,19,21). The number of rotatable bonds is 8. The quantitative estimate of drug-likeness (QED) is 0.720. The topological polar surface area (TPSA) is 73.9 Å². The van der Waals surface area contributed by atoms with Crippen LogP contribution < -0.4 is 10.9 Å². The molecule has 0 atom stereocenters. The Labute approximate surface area is 134 Å². The summed E-state index contributed by atoms with van der Waals surface area (Å²) in [6.45, 7) is 1.67. The molecule has 2 heterocycles. The molecule has 0 fully saturated rings. The third-order valence-corrected chi connectivity index (χ3v) is 3.83. The van der Waals surface area contributed by atoms with Gasteiger partial charge >= 0.3 is 0 Å². The van der Waals surface area contributed by atoms with Gasteiger partial charge in [-0.25, -0.2) is 4.98 Å². The van der Waals surface area contributed by atoms with Gasteiger partial charge in [-0.1, -0.05) is 0 Å². The predicted octanol–water partition coefficient (Wildman–Crippen LogP) is 1.57. The van der Waals surface area contributed by atoms with Crippen molar-refractivity contribution in [3.05, 3.63) is 52.2 Å². The molecule has 0 saturated heterocycles. The lowest BCUT2D eigenvalue weighted by Crippen LogP contribution is -2.13. The fraction of sp³-hybridized carbons (Fsp3) is 0.400. The van der Waals surface area contributed by atoms with Crippen LogP contribution in [-0.4, -0.2) is 46.2 Å². The maximum atomic E-state index is 11.1. The smallest absolute Gasteiger partial charge is 0.252 e. The van der Waals surface area contributed by atoms with E-state index in [4.69, 9.17) is 0 Å². The van der Waals surface area contributed by atoms with Crippen molar-refractivity contribution in [3.8, 4) is 0 Å². The van der Waals surface area contributed by atoms with Gasteiger partial charge in [0.05, 0.1) is 5.69 Å². The lowest BCUT2D eigenvalue weighted by Gasteiger charge is -2.10. The number of thioether (sulfide) groups is 1. The van der Waals surface area contributed by atoms with E-state index in [-0.39, 0.29) is 5.56 Å². The van der Waals surface area contributed by atoms with Crippen molar-refractivity contribution >= 4 is 17.7 Å². The molecule has 2 aromatic rings. The Hall–Kier alpha value is -1.86. The maximum Gasteiger partial charge on any atom is 0.252 e. The summed E-state index contributed by atoms with van der Waals surface area (Å²) in [5.41, 5.74) is 2.22. The molecule has 0 radical (unpaired) electrons. The highest BCUT2D eigenvalue weighted by Crippen LogP contribution is 2.12. The number of H-pyrrole nitrogens is 1. The SMILES string of the molecule is CN(C)Cc1ccnc(CSCCNc2nccc(=O)[nH]2)c1. The number of anilines is 1. The van der Waals surface area contributed by atoms with Crippen molar-refractivity contribution in [2.45, 2.75) is 12.3 Å². The van der Waals surface area contributed by atoms with Crippen LogP contribution in [0, 0.1) is 0 Å². The normalized spacial score (nSPS) is 10.9. The molecule has 0 bridgehead atoms. The molecule has 7 heteroatoms. The summed E-state index contributed by atoms with van der Waals surface area (Å²) in [6.07, 6.45) is 3.36. The molecule has 0 aliphatic carbocycles. The van der Waals surface area contributed by atoms with E-state index < -0.39 is 0 Å². The summed E-state index contributed by atoms with van der Waals surface area (Å²) in [5, 5.41) is 3.09. The number of hydrogen-bond acceptors (Lipinski definition) is 6. The molecule has 0 aromatic carbocycles. The zero-order valence-electron chi connectivity index (χ0n) is 12.9. The van der Waals surface area contributed by atoms with Crippen molar-refractivity contribution < 1.29 is 0 Å². The largest absolute Gasteiger partial charge is 0.355 e. The Morgan fingerprint density at radius 3 is 2.86 bits per heavy atom.